The molecule has 0 amide bonds. The summed E-state index contributed by atoms with van der Waals surface area (Å²) in [5, 5.41) is 1.14. The van der Waals surface area contributed by atoms with E-state index in [2.05, 4.69) is 40.2 Å². The van der Waals surface area contributed by atoms with E-state index in [1.54, 1.807) is 0 Å². The van der Waals surface area contributed by atoms with Crippen molar-refractivity contribution >= 4 is 16.7 Å². The van der Waals surface area contributed by atoms with E-state index in [-0.39, 0.29) is 0 Å². The molecule has 1 saturated heterocycles. The van der Waals surface area contributed by atoms with Crippen LogP contribution < -0.4 is 10.6 Å². The van der Waals surface area contributed by atoms with Crippen molar-refractivity contribution in [3.8, 4) is 11.3 Å². The Labute approximate surface area is 142 Å². The van der Waals surface area contributed by atoms with Gasteiger partial charge in [0.2, 0.25) is 0 Å². The molecule has 0 bridgehead atoms. The number of benzene rings is 1. The number of para-hydroxylation sites is 1. The van der Waals surface area contributed by atoms with Crippen molar-refractivity contribution in [2.45, 2.75) is 12.8 Å². The van der Waals surface area contributed by atoms with Crippen molar-refractivity contribution in [2.75, 3.05) is 24.5 Å². The second-order valence-electron chi connectivity index (χ2n) is 6.46. The SMILES string of the molecule is NCC1CCN(c2cccc(-c3cnc4ccccc4c3)n2)CC1. The number of anilines is 1. The van der Waals surface area contributed by atoms with Crippen LogP contribution in [0.2, 0.25) is 0 Å². The minimum absolute atomic E-state index is 0.661. The molecule has 0 saturated carbocycles. The Morgan fingerprint density at radius 2 is 1.88 bits per heavy atom. The standard InChI is InChI=1S/C20H22N4/c21-13-15-8-10-24(11-9-15)20-7-3-6-19(23-20)17-12-16-4-1-2-5-18(16)22-14-17/h1-7,12,14-15H,8-11,13,21H2. The Balaban J connectivity index is 1.62. The lowest BCUT2D eigenvalue weighted by Crippen LogP contribution is -2.36. The Morgan fingerprint density at radius 3 is 2.71 bits per heavy atom. The van der Waals surface area contributed by atoms with E-state index in [0.29, 0.717) is 5.92 Å². The third-order valence-corrected chi connectivity index (χ3v) is 4.89. The fourth-order valence-corrected chi connectivity index (χ4v) is 3.37. The number of nitrogens with zero attached hydrogens (tertiary/aromatic N) is 3. The van der Waals surface area contributed by atoms with Crippen molar-refractivity contribution in [3.05, 3.63) is 54.7 Å². The monoisotopic (exact) mass is 318 g/mol. The minimum Gasteiger partial charge on any atom is -0.357 e. The zero-order valence-electron chi connectivity index (χ0n) is 13.7. The number of aromatic nitrogens is 2. The van der Waals surface area contributed by atoms with Crippen LogP contribution in [0.15, 0.2) is 54.7 Å². The molecule has 0 aliphatic carbocycles. The molecule has 0 unspecified atom stereocenters. The van der Waals surface area contributed by atoms with Gasteiger partial charge in [-0.15, -0.1) is 0 Å². The molecule has 24 heavy (non-hydrogen) atoms. The largest absolute Gasteiger partial charge is 0.357 e. The summed E-state index contributed by atoms with van der Waals surface area (Å²) in [7, 11) is 0. The molecule has 0 atom stereocenters. The van der Waals surface area contributed by atoms with Gasteiger partial charge in [-0.25, -0.2) is 4.98 Å². The second kappa shape index (κ2) is 6.57. The zero-order valence-corrected chi connectivity index (χ0v) is 13.7. The minimum atomic E-state index is 0.661. The summed E-state index contributed by atoms with van der Waals surface area (Å²) >= 11 is 0. The lowest BCUT2D eigenvalue weighted by atomic mass is 9.97. The van der Waals surface area contributed by atoms with E-state index < -0.39 is 0 Å². The van der Waals surface area contributed by atoms with Gasteiger partial charge in [-0.05, 0) is 49.6 Å². The zero-order chi connectivity index (χ0) is 16.4. The smallest absolute Gasteiger partial charge is 0.129 e. The van der Waals surface area contributed by atoms with Crippen LogP contribution in [0.1, 0.15) is 12.8 Å². The van der Waals surface area contributed by atoms with Crippen molar-refractivity contribution in [1.29, 1.82) is 0 Å². The summed E-state index contributed by atoms with van der Waals surface area (Å²) in [5.41, 5.74) is 8.85. The number of fused-ring (bicyclic) bond motifs is 1. The third-order valence-electron chi connectivity index (χ3n) is 4.89. The Hall–Kier alpha value is -2.46. The average molecular weight is 318 g/mol. The van der Waals surface area contributed by atoms with E-state index in [4.69, 9.17) is 10.7 Å². The highest BCUT2D eigenvalue weighted by atomic mass is 15.2. The van der Waals surface area contributed by atoms with Crippen molar-refractivity contribution in [1.82, 2.24) is 9.97 Å². The number of piperidine rings is 1. The molecule has 0 spiro atoms. The van der Waals surface area contributed by atoms with Gasteiger partial charge in [0.1, 0.15) is 5.82 Å². The fourth-order valence-electron chi connectivity index (χ4n) is 3.37. The summed E-state index contributed by atoms with van der Waals surface area (Å²) in [6.07, 6.45) is 4.22. The first-order valence-corrected chi connectivity index (χ1v) is 8.61. The summed E-state index contributed by atoms with van der Waals surface area (Å²) in [5.74, 6) is 1.71. The highest BCUT2D eigenvalue weighted by Gasteiger charge is 2.19. The molecule has 2 aromatic heterocycles. The molecular formula is C20H22N4. The summed E-state index contributed by atoms with van der Waals surface area (Å²) < 4.78 is 0. The van der Waals surface area contributed by atoms with Crippen LogP contribution in [0, 0.1) is 5.92 Å². The lowest BCUT2D eigenvalue weighted by molar-refractivity contribution is 0.413. The van der Waals surface area contributed by atoms with E-state index in [9.17, 15) is 0 Å². The van der Waals surface area contributed by atoms with Crippen LogP contribution in [-0.2, 0) is 0 Å². The number of rotatable bonds is 3. The topological polar surface area (TPSA) is 55.0 Å². The molecule has 1 aliphatic rings. The highest BCUT2D eigenvalue weighted by Crippen LogP contribution is 2.25. The van der Waals surface area contributed by atoms with Crippen LogP contribution in [0.5, 0.6) is 0 Å². The molecule has 122 valence electrons. The average Bonchev–Trinajstić information content (AvgIpc) is 2.68. The maximum Gasteiger partial charge on any atom is 0.129 e. The number of nitrogens with two attached hydrogens (primary N) is 1. The molecule has 1 aromatic carbocycles. The summed E-state index contributed by atoms with van der Waals surface area (Å²) in [4.78, 5) is 11.8. The summed E-state index contributed by atoms with van der Waals surface area (Å²) in [6, 6.07) is 16.6. The van der Waals surface area contributed by atoms with Crippen LogP contribution in [-0.4, -0.2) is 29.6 Å². The van der Waals surface area contributed by atoms with Gasteiger partial charge in [-0.2, -0.15) is 0 Å². The van der Waals surface area contributed by atoms with Gasteiger partial charge in [0.05, 0.1) is 11.2 Å². The fraction of sp³-hybridized carbons (Fsp3) is 0.300. The maximum atomic E-state index is 5.79. The van der Waals surface area contributed by atoms with Gasteiger partial charge in [0, 0.05) is 30.2 Å². The first-order valence-electron chi connectivity index (χ1n) is 8.61. The van der Waals surface area contributed by atoms with Gasteiger partial charge in [-0.3, -0.25) is 4.98 Å². The van der Waals surface area contributed by atoms with Crippen LogP contribution in [0.4, 0.5) is 5.82 Å². The van der Waals surface area contributed by atoms with Crippen LogP contribution in [0.3, 0.4) is 0 Å². The molecule has 3 aromatic rings. The first-order chi connectivity index (χ1) is 11.8. The molecule has 4 heteroatoms. The third kappa shape index (κ3) is 2.97. The first kappa shape index (κ1) is 15.1. The van der Waals surface area contributed by atoms with E-state index in [1.165, 1.54) is 0 Å². The molecule has 2 N–H and O–H groups in total. The van der Waals surface area contributed by atoms with Crippen molar-refractivity contribution in [3.63, 3.8) is 0 Å². The Bertz CT molecular complexity index is 838. The number of pyridine rings is 2. The number of hydrogen-bond acceptors (Lipinski definition) is 4. The molecule has 4 nitrogen and oxygen atoms in total. The van der Waals surface area contributed by atoms with Gasteiger partial charge in [-0.1, -0.05) is 24.3 Å². The second-order valence-corrected chi connectivity index (χ2v) is 6.46. The summed E-state index contributed by atoms with van der Waals surface area (Å²) in [6.45, 7) is 2.87. The molecular weight excluding hydrogens is 296 g/mol. The Kier molecular flexibility index (Phi) is 4.13. The highest BCUT2D eigenvalue weighted by molar-refractivity contribution is 5.82. The maximum absolute atomic E-state index is 5.79. The predicted molar refractivity (Wildman–Crippen MR) is 99.0 cm³/mol. The van der Waals surface area contributed by atoms with Crippen molar-refractivity contribution < 1.29 is 0 Å². The van der Waals surface area contributed by atoms with Gasteiger partial charge in [0.25, 0.3) is 0 Å². The van der Waals surface area contributed by atoms with Crippen LogP contribution >= 0.6 is 0 Å². The normalized spacial score (nSPS) is 15.8. The van der Waals surface area contributed by atoms with Gasteiger partial charge < -0.3 is 10.6 Å². The molecule has 1 aliphatic heterocycles. The van der Waals surface area contributed by atoms with Crippen LogP contribution in [0.25, 0.3) is 22.2 Å². The van der Waals surface area contributed by atoms with E-state index >= 15 is 0 Å². The predicted octanol–water partition coefficient (Wildman–Crippen LogP) is 3.47. The molecule has 4 rings (SSSR count). The van der Waals surface area contributed by atoms with Crippen molar-refractivity contribution in [2.24, 2.45) is 11.7 Å². The Morgan fingerprint density at radius 1 is 1.04 bits per heavy atom. The molecule has 3 heterocycles. The number of hydrogen-bond donors (Lipinski definition) is 1. The van der Waals surface area contributed by atoms with E-state index in [0.717, 1.165) is 60.5 Å². The quantitative estimate of drug-likeness (QED) is 0.803. The lowest BCUT2D eigenvalue weighted by Gasteiger charge is -2.32. The van der Waals surface area contributed by atoms with E-state index in [1.807, 2.05) is 24.4 Å². The molecule has 0 radical (unpaired) electrons. The van der Waals surface area contributed by atoms with Gasteiger partial charge >= 0.3 is 0 Å². The van der Waals surface area contributed by atoms with Gasteiger partial charge in [0.15, 0.2) is 0 Å². The molecule has 1 fully saturated rings.